The Bertz CT molecular complexity index is 539. The molecule has 19 heavy (non-hydrogen) atoms. The summed E-state index contributed by atoms with van der Waals surface area (Å²) in [6.45, 7) is 2.49. The Balaban J connectivity index is 2.03. The highest BCUT2D eigenvalue weighted by Gasteiger charge is 2.14. The van der Waals surface area contributed by atoms with Crippen molar-refractivity contribution in [2.45, 2.75) is 13.0 Å². The van der Waals surface area contributed by atoms with Crippen LogP contribution in [0, 0.1) is 0 Å². The molecule has 1 amide bonds. The van der Waals surface area contributed by atoms with E-state index in [9.17, 15) is 4.79 Å². The SMILES string of the molecule is CNC(C)CNC(=O)c1cc(-c2ccccn2)no1. The Kier molecular flexibility index (Phi) is 4.25. The molecule has 6 nitrogen and oxygen atoms in total. The van der Waals surface area contributed by atoms with Crippen molar-refractivity contribution in [1.82, 2.24) is 20.8 Å². The highest BCUT2D eigenvalue weighted by atomic mass is 16.5. The third-order valence-corrected chi connectivity index (χ3v) is 2.72. The van der Waals surface area contributed by atoms with Crippen LogP contribution in [0.15, 0.2) is 35.0 Å². The van der Waals surface area contributed by atoms with Crippen molar-refractivity contribution in [3.8, 4) is 11.4 Å². The first-order valence-corrected chi connectivity index (χ1v) is 6.04. The Morgan fingerprint density at radius 1 is 1.42 bits per heavy atom. The van der Waals surface area contributed by atoms with Crippen LogP contribution in [-0.4, -0.2) is 35.7 Å². The molecule has 0 bridgehead atoms. The zero-order valence-electron chi connectivity index (χ0n) is 10.9. The van der Waals surface area contributed by atoms with Crippen LogP contribution < -0.4 is 10.6 Å². The minimum absolute atomic E-state index is 0.184. The molecule has 0 aliphatic rings. The molecular formula is C13H16N4O2. The number of aromatic nitrogens is 2. The maximum absolute atomic E-state index is 11.8. The molecule has 1 unspecified atom stereocenters. The lowest BCUT2D eigenvalue weighted by Gasteiger charge is -2.09. The second kappa shape index (κ2) is 6.10. The summed E-state index contributed by atoms with van der Waals surface area (Å²) in [6.07, 6.45) is 1.67. The van der Waals surface area contributed by atoms with E-state index >= 15 is 0 Å². The van der Waals surface area contributed by atoms with Gasteiger partial charge in [-0.3, -0.25) is 9.78 Å². The third kappa shape index (κ3) is 3.38. The van der Waals surface area contributed by atoms with Gasteiger partial charge in [-0.1, -0.05) is 11.2 Å². The summed E-state index contributed by atoms with van der Waals surface area (Å²) in [4.78, 5) is 16.0. The van der Waals surface area contributed by atoms with E-state index in [0.29, 0.717) is 17.9 Å². The Morgan fingerprint density at radius 2 is 2.26 bits per heavy atom. The largest absolute Gasteiger partial charge is 0.350 e. The number of nitrogens with zero attached hydrogens (tertiary/aromatic N) is 2. The molecule has 0 aliphatic heterocycles. The number of carbonyl (C=O) groups excluding carboxylic acids is 1. The maximum Gasteiger partial charge on any atom is 0.289 e. The van der Waals surface area contributed by atoms with E-state index in [1.165, 1.54) is 0 Å². The van der Waals surface area contributed by atoms with Crippen molar-refractivity contribution in [1.29, 1.82) is 0 Å². The molecular weight excluding hydrogens is 244 g/mol. The molecule has 0 aliphatic carbocycles. The summed E-state index contributed by atoms with van der Waals surface area (Å²) < 4.78 is 5.02. The second-order valence-electron chi connectivity index (χ2n) is 4.19. The van der Waals surface area contributed by atoms with Crippen LogP contribution in [0.4, 0.5) is 0 Å². The van der Waals surface area contributed by atoms with E-state index in [-0.39, 0.29) is 17.7 Å². The number of pyridine rings is 1. The predicted octanol–water partition coefficient (Wildman–Crippen LogP) is 1.07. The molecule has 2 heterocycles. The number of amides is 1. The topological polar surface area (TPSA) is 80.0 Å². The van der Waals surface area contributed by atoms with E-state index in [2.05, 4.69) is 20.8 Å². The van der Waals surface area contributed by atoms with E-state index in [1.807, 2.05) is 32.2 Å². The zero-order chi connectivity index (χ0) is 13.7. The van der Waals surface area contributed by atoms with Crippen molar-refractivity contribution < 1.29 is 9.32 Å². The second-order valence-corrected chi connectivity index (χ2v) is 4.19. The van der Waals surface area contributed by atoms with Gasteiger partial charge in [0.2, 0.25) is 5.76 Å². The first-order chi connectivity index (χ1) is 9.20. The van der Waals surface area contributed by atoms with Gasteiger partial charge < -0.3 is 15.2 Å². The summed E-state index contributed by atoms with van der Waals surface area (Å²) >= 11 is 0. The number of rotatable bonds is 5. The van der Waals surface area contributed by atoms with Crippen LogP contribution in [0.1, 0.15) is 17.5 Å². The lowest BCUT2D eigenvalue weighted by molar-refractivity contribution is 0.0913. The Hall–Kier alpha value is -2.21. The van der Waals surface area contributed by atoms with Gasteiger partial charge in [0.1, 0.15) is 5.69 Å². The number of likely N-dealkylation sites (N-methyl/N-ethyl adjacent to an activating group) is 1. The highest BCUT2D eigenvalue weighted by molar-refractivity contribution is 5.92. The first kappa shape index (κ1) is 13.2. The van der Waals surface area contributed by atoms with Gasteiger partial charge >= 0.3 is 0 Å². The fourth-order valence-electron chi connectivity index (χ4n) is 1.45. The Morgan fingerprint density at radius 3 is 2.95 bits per heavy atom. The molecule has 2 N–H and O–H groups in total. The standard InChI is InChI=1S/C13H16N4O2/c1-9(14-2)8-16-13(18)12-7-11(17-19-12)10-5-3-4-6-15-10/h3-7,9,14H,8H2,1-2H3,(H,16,18). The smallest absolute Gasteiger partial charge is 0.289 e. The summed E-state index contributed by atoms with van der Waals surface area (Å²) in [6, 6.07) is 7.26. The summed E-state index contributed by atoms with van der Waals surface area (Å²) in [5.41, 5.74) is 1.22. The van der Waals surface area contributed by atoms with Crippen molar-refractivity contribution >= 4 is 5.91 Å². The normalized spacial score (nSPS) is 12.1. The molecule has 100 valence electrons. The highest BCUT2D eigenvalue weighted by Crippen LogP contribution is 2.15. The fraction of sp³-hybridized carbons (Fsp3) is 0.308. The van der Waals surface area contributed by atoms with Crippen LogP contribution in [-0.2, 0) is 0 Å². The van der Waals surface area contributed by atoms with Gasteiger partial charge in [0, 0.05) is 24.8 Å². The van der Waals surface area contributed by atoms with Gasteiger partial charge in [-0.15, -0.1) is 0 Å². The third-order valence-electron chi connectivity index (χ3n) is 2.72. The zero-order valence-corrected chi connectivity index (χ0v) is 10.9. The van der Waals surface area contributed by atoms with Gasteiger partial charge in [-0.05, 0) is 26.1 Å². The molecule has 2 aromatic heterocycles. The van der Waals surface area contributed by atoms with Crippen LogP contribution in [0.5, 0.6) is 0 Å². The van der Waals surface area contributed by atoms with Crippen molar-refractivity contribution in [3.63, 3.8) is 0 Å². The minimum atomic E-state index is -0.281. The number of hydrogen-bond acceptors (Lipinski definition) is 5. The summed E-state index contributed by atoms with van der Waals surface area (Å²) in [7, 11) is 1.84. The summed E-state index contributed by atoms with van der Waals surface area (Å²) in [5.74, 6) is -0.0965. The van der Waals surface area contributed by atoms with Crippen molar-refractivity contribution in [2.24, 2.45) is 0 Å². The number of hydrogen-bond donors (Lipinski definition) is 2. The van der Waals surface area contributed by atoms with Gasteiger partial charge in [0.25, 0.3) is 5.91 Å². The van der Waals surface area contributed by atoms with Gasteiger partial charge in [0.05, 0.1) is 5.69 Å². The monoisotopic (exact) mass is 260 g/mol. The van der Waals surface area contributed by atoms with Gasteiger partial charge in [-0.2, -0.15) is 0 Å². The lowest BCUT2D eigenvalue weighted by Crippen LogP contribution is -2.37. The van der Waals surface area contributed by atoms with Crippen LogP contribution in [0.3, 0.4) is 0 Å². The average molecular weight is 260 g/mol. The van der Waals surface area contributed by atoms with E-state index in [4.69, 9.17) is 4.52 Å². The van der Waals surface area contributed by atoms with Crippen LogP contribution in [0.2, 0.25) is 0 Å². The molecule has 6 heteroatoms. The quantitative estimate of drug-likeness (QED) is 0.840. The molecule has 0 spiro atoms. The van der Waals surface area contributed by atoms with Gasteiger partial charge in [-0.25, -0.2) is 0 Å². The van der Waals surface area contributed by atoms with Crippen molar-refractivity contribution in [2.75, 3.05) is 13.6 Å². The molecule has 0 radical (unpaired) electrons. The lowest BCUT2D eigenvalue weighted by atomic mass is 10.2. The molecule has 0 fully saturated rings. The number of carbonyl (C=O) groups is 1. The maximum atomic E-state index is 11.8. The van der Waals surface area contributed by atoms with E-state index in [1.54, 1.807) is 12.3 Å². The molecule has 2 rings (SSSR count). The molecule has 0 saturated heterocycles. The van der Waals surface area contributed by atoms with E-state index < -0.39 is 0 Å². The minimum Gasteiger partial charge on any atom is -0.350 e. The summed E-state index contributed by atoms with van der Waals surface area (Å²) in [5, 5.41) is 9.63. The van der Waals surface area contributed by atoms with Crippen LogP contribution in [0.25, 0.3) is 11.4 Å². The molecule has 2 aromatic rings. The first-order valence-electron chi connectivity index (χ1n) is 6.04. The fourth-order valence-corrected chi connectivity index (χ4v) is 1.45. The van der Waals surface area contributed by atoms with E-state index in [0.717, 1.165) is 0 Å². The average Bonchev–Trinajstić information content (AvgIpc) is 2.95. The van der Waals surface area contributed by atoms with Crippen LogP contribution >= 0.6 is 0 Å². The number of nitrogens with one attached hydrogen (secondary N) is 2. The predicted molar refractivity (Wildman–Crippen MR) is 70.6 cm³/mol. The molecule has 0 saturated carbocycles. The Labute approximate surface area is 111 Å². The molecule has 1 atom stereocenters. The van der Waals surface area contributed by atoms with Crippen molar-refractivity contribution in [3.05, 3.63) is 36.2 Å². The van der Waals surface area contributed by atoms with Gasteiger partial charge in [0.15, 0.2) is 0 Å². The molecule has 0 aromatic carbocycles.